The van der Waals surface area contributed by atoms with Crippen molar-refractivity contribution in [2.75, 3.05) is 5.32 Å². The zero-order valence-electron chi connectivity index (χ0n) is 16.1. The highest BCUT2D eigenvalue weighted by molar-refractivity contribution is 6.31. The molecule has 9 heteroatoms. The number of hydrogen-bond acceptors (Lipinski definition) is 7. The van der Waals surface area contributed by atoms with Crippen molar-refractivity contribution >= 4 is 39.7 Å². The predicted octanol–water partition coefficient (Wildman–Crippen LogP) is 5.74. The molecular weight excluding hydrogens is 406 g/mol. The van der Waals surface area contributed by atoms with Gasteiger partial charge in [0.25, 0.3) is 0 Å². The number of anilines is 2. The Balaban J connectivity index is 1.76. The molecule has 2 aromatic carbocycles. The number of aryl methyl sites for hydroxylation is 2. The van der Waals surface area contributed by atoms with E-state index in [0.29, 0.717) is 22.0 Å². The van der Waals surface area contributed by atoms with Crippen LogP contribution in [0.5, 0.6) is 11.6 Å². The van der Waals surface area contributed by atoms with Gasteiger partial charge in [-0.1, -0.05) is 35.9 Å². The summed E-state index contributed by atoms with van der Waals surface area (Å²) >= 11 is 6.15. The standard InChI is InChI=1S/C21H16ClN5O3/c1-12-6-9-15(10-16(12)22)26-20-19(27(28)29)21(24-11-23-20)30-17-5-3-4-14-8-7-13(2)25-18(14)17/h3-11H,1-2H3,(H,23,24,26). The average molecular weight is 422 g/mol. The van der Waals surface area contributed by atoms with Crippen molar-refractivity contribution in [1.82, 2.24) is 15.0 Å². The second kappa shape index (κ2) is 7.92. The number of para-hydroxylation sites is 1. The Morgan fingerprint density at radius 2 is 1.93 bits per heavy atom. The largest absolute Gasteiger partial charge is 0.431 e. The molecule has 0 amide bonds. The molecule has 1 N–H and O–H groups in total. The Bertz CT molecular complexity index is 1280. The monoisotopic (exact) mass is 421 g/mol. The first-order valence-corrected chi connectivity index (χ1v) is 9.37. The summed E-state index contributed by atoms with van der Waals surface area (Å²) in [5.41, 5.74) is 2.45. The van der Waals surface area contributed by atoms with Crippen molar-refractivity contribution in [2.24, 2.45) is 0 Å². The fourth-order valence-electron chi connectivity index (χ4n) is 2.90. The van der Waals surface area contributed by atoms with Crippen molar-refractivity contribution in [1.29, 1.82) is 0 Å². The first-order valence-electron chi connectivity index (χ1n) is 8.99. The second-order valence-corrected chi connectivity index (χ2v) is 7.01. The number of nitro groups is 1. The summed E-state index contributed by atoms with van der Waals surface area (Å²) in [7, 11) is 0. The molecule has 150 valence electrons. The summed E-state index contributed by atoms with van der Waals surface area (Å²) in [6.45, 7) is 3.73. The highest BCUT2D eigenvalue weighted by Crippen LogP contribution is 2.37. The third-order valence-electron chi connectivity index (χ3n) is 4.43. The number of ether oxygens (including phenoxy) is 1. The molecule has 0 atom stereocenters. The van der Waals surface area contributed by atoms with Crippen molar-refractivity contribution in [2.45, 2.75) is 13.8 Å². The lowest BCUT2D eigenvalue weighted by Crippen LogP contribution is -2.04. The summed E-state index contributed by atoms with van der Waals surface area (Å²) in [5, 5.41) is 16.1. The highest BCUT2D eigenvalue weighted by Gasteiger charge is 2.26. The maximum absolute atomic E-state index is 11.8. The minimum atomic E-state index is -0.586. The number of hydrogen-bond donors (Lipinski definition) is 1. The van der Waals surface area contributed by atoms with Crippen LogP contribution >= 0.6 is 11.6 Å². The molecule has 2 heterocycles. The Morgan fingerprint density at radius 1 is 1.10 bits per heavy atom. The fraction of sp³-hybridized carbons (Fsp3) is 0.0952. The van der Waals surface area contributed by atoms with Crippen LogP contribution in [0.15, 0.2) is 54.9 Å². The van der Waals surface area contributed by atoms with E-state index in [1.807, 2.05) is 32.0 Å². The van der Waals surface area contributed by atoms with Gasteiger partial charge < -0.3 is 10.1 Å². The van der Waals surface area contributed by atoms with Gasteiger partial charge in [-0.15, -0.1) is 0 Å². The van der Waals surface area contributed by atoms with Crippen molar-refractivity contribution in [3.8, 4) is 11.6 Å². The molecule has 30 heavy (non-hydrogen) atoms. The number of pyridine rings is 1. The summed E-state index contributed by atoms with van der Waals surface area (Å²) in [6, 6.07) is 14.4. The molecule has 0 radical (unpaired) electrons. The molecular formula is C21H16ClN5O3. The summed E-state index contributed by atoms with van der Waals surface area (Å²) in [6.07, 6.45) is 1.20. The van der Waals surface area contributed by atoms with E-state index in [0.717, 1.165) is 16.6 Å². The molecule has 4 rings (SSSR count). The molecule has 0 unspecified atom stereocenters. The molecule has 0 spiro atoms. The van der Waals surface area contributed by atoms with E-state index >= 15 is 0 Å². The van der Waals surface area contributed by atoms with Crippen molar-refractivity contribution in [3.05, 3.63) is 81.3 Å². The number of rotatable bonds is 5. The van der Waals surface area contributed by atoms with E-state index in [4.69, 9.17) is 16.3 Å². The average Bonchev–Trinajstić information content (AvgIpc) is 2.71. The number of nitrogens with one attached hydrogen (secondary N) is 1. The molecule has 4 aromatic rings. The van der Waals surface area contributed by atoms with Gasteiger partial charge in [-0.3, -0.25) is 10.1 Å². The van der Waals surface area contributed by atoms with Gasteiger partial charge >= 0.3 is 11.6 Å². The van der Waals surface area contributed by atoms with E-state index in [1.54, 1.807) is 30.3 Å². The minimum Gasteiger partial charge on any atom is -0.431 e. The predicted molar refractivity (Wildman–Crippen MR) is 115 cm³/mol. The van der Waals surface area contributed by atoms with E-state index in [1.165, 1.54) is 6.33 Å². The number of aromatic nitrogens is 3. The fourth-order valence-corrected chi connectivity index (χ4v) is 3.09. The van der Waals surface area contributed by atoms with Crippen LogP contribution in [0.4, 0.5) is 17.2 Å². The van der Waals surface area contributed by atoms with Crippen LogP contribution in [0.1, 0.15) is 11.3 Å². The normalized spacial score (nSPS) is 10.8. The van der Waals surface area contributed by atoms with Crippen LogP contribution in [-0.4, -0.2) is 19.9 Å². The third kappa shape index (κ3) is 3.85. The van der Waals surface area contributed by atoms with Gasteiger partial charge in [0.2, 0.25) is 5.82 Å². The van der Waals surface area contributed by atoms with Gasteiger partial charge in [-0.05, 0) is 43.7 Å². The van der Waals surface area contributed by atoms with Gasteiger partial charge in [0.1, 0.15) is 11.8 Å². The first kappa shape index (κ1) is 19.5. The Kier molecular flexibility index (Phi) is 5.16. The molecule has 0 aliphatic rings. The van der Waals surface area contributed by atoms with Crippen LogP contribution < -0.4 is 10.1 Å². The number of benzene rings is 2. The molecule has 0 aliphatic carbocycles. The van der Waals surface area contributed by atoms with Gasteiger partial charge in [-0.25, -0.2) is 9.97 Å². The molecule has 8 nitrogen and oxygen atoms in total. The topological polar surface area (TPSA) is 103 Å². The second-order valence-electron chi connectivity index (χ2n) is 6.60. The molecule has 0 saturated heterocycles. The molecule has 0 bridgehead atoms. The van der Waals surface area contributed by atoms with Gasteiger partial charge in [0.15, 0.2) is 5.75 Å². The van der Waals surface area contributed by atoms with Crippen LogP contribution in [0.25, 0.3) is 10.9 Å². The molecule has 0 fully saturated rings. The quantitative estimate of drug-likeness (QED) is 0.323. The Hall–Kier alpha value is -3.78. The minimum absolute atomic E-state index is 0.00528. The Labute approximate surface area is 176 Å². The van der Waals surface area contributed by atoms with Crippen LogP contribution in [0.3, 0.4) is 0 Å². The van der Waals surface area contributed by atoms with Crippen LogP contribution in [0, 0.1) is 24.0 Å². The van der Waals surface area contributed by atoms with Crippen LogP contribution in [-0.2, 0) is 0 Å². The smallest absolute Gasteiger partial charge is 0.373 e. The lowest BCUT2D eigenvalue weighted by molar-refractivity contribution is -0.385. The summed E-state index contributed by atoms with van der Waals surface area (Å²) in [4.78, 5) is 23.7. The maximum Gasteiger partial charge on any atom is 0.373 e. The Morgan fingerprint density at radius 3 is 2.70 bits per heavy atom. The maximum atomic E-state index is 11.8. The van der Waals surface area contributed by atoms with Crippen molar-refractivity contribution in [3.63, 3.8) is 0 Å². The van der Waals surface area contributed by atoms with E-state index in [-0.39, 0.29) is 17.4 Å². The molecule has 0 saturated carbocycles. The third-order valence-corrected chi connectivity index (χ3v) is 4.84. The zero-order chi connectivity index (χ0) is 21.3. The van der Waals surface area contributed by atoms with E-state index < -0.39 is 4.92 Å². The molecule has 2 aromatic heterocycles. The van der Waals surface area contributed by atoms with E-state index in [9.17, 15) is 10.1 Å². The van der Waals surface area contributed by atoms with Gasteiger partial charge in [-0.2, -0.15) is 4.98 Å². The zero-order valence-corrected chi connectivity index (χ0v) is 16.8. The lowest BCUT2D eigenvalue weighted by atomic mass is 10.2. The number of halogens is 1. The van der Waals surface area contributed by atoms with Gasteiger partial charge in [0, 0.05) is 21.8 Å². The summed E-state index contributed by atoms with van der Waals surface area (Å²) in [5.74, 6) is 0.170. The molecule has 0 aliphatic heterocycles. The van der Waals surface area contributed by atoms with Gasteiger partial charge in [0.05, 0.1) is 4.92 Å². The first-order chi connectivity index (χ1) is 14.4. The summed E-state index contributed by atoms with van der Waals surface area (Å²) < 4.78 is 5.84. The number of fused-ring (bicyclic) bond motifs is 1. The van der Waals surface area contributed by atoms with Crippen LogP contribution in [0.2, 0.25) is 5.02 Å². The number of nitrogens with zero attached hydrogens (tertiary/aromatic N) is 4. The van der Waals surface area contributed by atoms with E-state index in [2.05, 4.69) is 20.3 Å². The SMILES string of the molecule is Cc1ccc2cccc(Oc3ncnc(Nc4ccc(C)c(Cl)c4)c3[N+](=O)[O-])c2n1. The lowest BCUT2D eigenvalue weighted by Gasteiger charge is -2.11. The highest BCUT2D eigenvalue weighted by atomic mass is 35.5. The van der Waals surface area contributed by atoms with Crippen molar-refractivity contribution < 1.29 is 9.66 Å².